The average molecular weight is 703 g/mol. The fourth-order valence-electron chi connectivity index (χ4n) is 2.87. The van der Waals surface area contributed by atoms with Gasteiger partial charge < -0.3 is 23.6 Å². The van der Waals surface area contributed by atoms with Crippen LogP contribution in [-0.2, 0) is 49.2 Å². The Balaban J connectivity index is 0.000000754. The average Bonchev–Trinajstić information content (AvgIpc) is 3.15. The Bertz CT molecular complexity index is 1160. The third-order valence-corrected chi connectivity index (χ3v) is 4.46. The number of ether oxygens (including phenoxy) is 3. The van der Waals surface area contributed by atoms with Crippen molar-refractivity contribution in [3.8, 4) is 5.75 Å². The summed E-state index contributed by atoms with van der Waals surface area (Å²) in [5, 5.41) is 0.697. The van der Waals surface area contributed by atoms with E-state index in [1.807, 2.05) is 0 Å². The minimum atomic E-state index is -4.34. The van der Waals surface area contributed by atoms with E-state index in [0.717, 1.165) is 17.7 Å². The summed E-state index contributed by atoms with van der Waals surface area (Å²) in [6.07, 6.45) is -2.83. The number of alkyl halides is 3. The molecule has 0 amide bonds. The molecule has 0 N–H and O–H groups in total. The van der Waals surface area contributed by atoms with Crippen LogP contribution < -0.4 is 4.74 Å². The summed E-state index contributed by atoms with van der Waals surface area (Å²) in [5.74, 6) is 0.586. The van der Waals surface area contributed by atoms with Crippen LogP contribution in [0.25, 0.3) is 10.9 Å². The number of carbonyl (C=O) groups is 1. The minimum absolute atomic E-state index is 0. The van der Waals surface area contributed by atoms with Gasteiger partial charge in [-0.05, 0) is 65.3 Å². The van der Waals surface area contributed by atoms with Crippen molar-refractivity contribution in [2.24, 2.45) is 0 Å². The number of nitrogens with zero attached hydrogens (tertiary/aromatic N) is 1. The molecule has 0 aliphatic rings. The Morgan fingerprint density at radius 1 is 0.973 bits per heavy atom. The van der Waals surface area contributed by atoms with Crippen molar-refractivity contribution in [2.45, 2.75) is 65.3 Å². The van der Waals surface area contributed by atoms with Gasteiger partial charge in [-0.3, -0.25) is 0 Å². The van der Waals surface area contributed by atoms with E-state index in [9.17, 15) is 22.8 Å². The van der Waals surface area contributed by atoms with Gasteiger partial charge in [-0.15, -0.1) is 6.07 Å². The predicted molar refractivity (Wildman–Crippen MR) is 130 cm³/mol. The molecule has 0 spiro atoms. The predicted octanol–water partition coefficient (Wildman–Crippen LogP) is 6.73. The molecule has 1 radical (unpaired) electrons. The topological polar surface area (TPSA) is 66.8 Å². The van der Waals surface area contributed by atoms with Gasteiger partial charge in [-0.2, -0.15) is 24.6 Å². The number of benzene rings is 2. The van der Waals surface area contributed by atoms with Crippen molar-refractivity contribution in [1.82, 2.24) is 4.57 Å². The van der Waals surface area contributed by atoms with Crippen molar-refractivity contribution >= 4 is 23.5 Å². The molecule has 207 valence electrons. The van der Waals surface area contributed by atoms with Crippen molar-refractivity contribution in [2.75, 3.05) is 6.61 Å². The van der Waals surface area contributed by atoms with Gasteiger partial charge in [0.1, 0.15) is 5.60 Å². The van der Waals surface area contributed by atoms with Crippen molar-refractivity contribution < 1.29 is 59.4 Å². The molecule has 0 bridgehead atoms. The van der Waals surface area contributed by atoms with Gasteiger partial charge in [0.15, 0.2) is 0 Å². The van der Waals surface area contributed by atoms with Gasteiger partial charge >= 0.3 is 12.3 Å². The Hall–Kier alpha value is -2.75. The zero-order valence-electron chi connectivity index (χ0n) is 21.5. The van der Waals surface area contributed by atoms with Crippen LogP contribution >= 0.6 is 0 Å². The summed E-state index contributed by atoms with van der Waals surface area (Å²) in [5.41, 5.74) is -0.245. The van der Waals surface area contributed by atoms with Crippen molar-refractivity contribution in [3.63, 3.8) is 0 Å². The largest absolute Gasteiger partial charge is 0.649 e. The van der Waals surface area contributed by atoms with Crippen LogP contribution in [-0.4, -0.2) is 34.9 Å². The van der Waals surface area contributed by atoms with Crippen LogP contribution in [0.5, 0.6) is 5.75 Å². The molecule has 0 unspecified atom stereocenters. The van der Waals surface area contributed by atoms with Crippen molar-refractivity contribution in [1.29, 1.82) is 0 Å². The number of hydrogen-bond acceptors (Lipinski definition) is 5. The van der Waals surface area contributed by atoms with Gasteiger partial charge in [0, 0.05) is 28.8 Å². The Labute approximate surface area is 230 Å². The minimum Gasteiger partial charge on any atom is -0.649 e. The first-order valence-corrected chi connectivity index (χ1v) is 11.2. The summed E-state index contributed by atoms with van der Waals surface area (Å²) < 4.78 is 54.7. The van der Waals surface area contributed by atoms with Gasteiger partial charge in [0.25, 0.3) is 0 Å². The van der Waals surface area contributed by atoms with Crippen LogP contribution in [0.2, 0.25) is 0 Å². The fraction of sp³-hybridized carbons (Fsp3) is 0.407. The second-order valence-corrected chi connectivity index (χ2v) is 9.89. The molecule has 0 atom stereocenters. The molecule has 1 aromatic heterocycles. The van der Waals surface area contributed by atoms with E-state index < -0.39 is 23.4 Å². The number of hydrogen-bond donors (Lipinski definition) is 0. The normalized spacial score (nSPS) is 11.6. The quantitative estimate of drug-likeness (QED) is 0.218. The number of fused-ring (bicyclic) bond motifs is 1. The van der Waals surface area contributed by atoms with Gasteiger partial charge in [-0.1, -0.05) is 36.4 Å². The molecule has 6 nitrogen and oxygen atoms in total. The first kappa shape index (κ1) is 32.3. The molecule has 1 heterocycles. The Morgan fingerprint density at radius 3 is 2.08 bits per heavy atom. The fourth-order valence-corrected chi connectivity index (χ4v) is 2.87. The van der Waals surface area contributed by atoms with Gasteiger partial charge in [-0.25, -0.2) is 4.79 Å². The summed E-state index contributed by atoms with van der Waals surface area (Å²) in [6, 6.07) is 13.2. The number of halogens is 3. The SMILES string of the molecule is CC(C)(C)OC(=O)n1c[c-]c2cc(OCCc3ccc(C(F)(F)F)cc3)ccc21.CC(C)(C)O[C-]=O.[Au]. The maximum atomic E-state index is 12.6. The second-order valence-electron chi connectivity index (χ2n) is 9.89. The molecule has 0 saturated carbocycles. The first-order chi connectivity index (χ1) is 16.6. The molecule has 37 heavy (non-hydrogen) atoms. The molecule has 0 fully saturated rings. The molecule has 0 aliphatic carbocycles. The summed E-state index contributed by atoms with van der Waals surface area (Å²) in [7, 11) is 0. The third kappa shape index (κ3) is 11.0. The standard InChI is InChI=1S/C22H21F3NO3.C5H9O2.Au/c1-21(2,3)29-20(27)26-12-10-16-14-18(8-9-19(16)26)28-13-11-15-4-6-17(7-5-15)22(23,24)25;1-5(2,3)7-4-6;/h4-9,12,14H,11,13H2,1-3H3;1-3H3;/q2*-1;. The maximum Gasteiger partial charge on any atom is 0.416 e. The smallest absolute Gasteiger partial charge is 0.416 e. The summed E-state index contributed by atoms with van der Waals surface area (Å²) >= 11 is 0. The van der Waals surface area contributed by atoms with E-state index in [1.54, 1.807) is 59.7 Å². The van der Waals surface area contributed by atoms with Crippen LogP contribution in [0.1, 0.15) is 52.7 Å². The van der Waals surface area contributed by atoms with E-state index in [1.165, 1.54) is 29.4 Å². The molecule has 0 aliphatic heterocycles. The first-order valence-electron chi connectivity index (χ1n) is 11.2. The van der Waals surface area contributed by atoms with Crippen molar-refractivity contribution in [3.05, 3.63) is 65.9 Å². The number of aromatic nitrogens is 1. The maximum absolute atomic E-state index is 12.6. The van der Waals surface area contributed by atoms with Crippen LogP contribution in [0, 0.1) is 6.07 Å². The molecular formula is C27H30AuF3NO5-2. The summed E-state index contributed by atoms with van der Waals surface area (Å²) in [6.45, 7) is 12.4. The molecule has 10 heteroatoms. The van der Waals surface area contributed by atoms with E-state index in [4.69, 9.17) is 9.47 Å². The van der Waals surface area contributed by atoms with Gasteiger partial charge in [0.2, 0.25) is 0 Å². The Morgan fingerprint density at radius 2 is 1.59 bits per heavy atom. The molecule has 2 aromatic carbocycles. The second kappa shape index (κ2) is 13.2. The van der Waals surface area contributed by atoms with E-state index in [-0.39, 0.29) is 28.0 Å². The summed E-state index contributed by atoms with van der Waals surface area (Å²) in [4.78, 5) is 21.7. The number of carbonyl (C=O) groups excluding carboxylic acids is 2. The van der Waals surface area contributed by atoms with E-state index in [2.05, 4.69) is 10.8 Å². The molecule has 0 saturated heterocycles. The zero-order chi connectivity index (χ0) is 27.1. The van der Waals surface area contributed by atoms with E-state index in [0.29, 0.717) is 29.7 Å². The number of rotatable bonds is 5. The monoisotopic (exact) mass is 702 g/mol. The van der Waals surface area contributed by atoms with Crippen LogP contribution in [0.4, 0.5) is 18.0 Å². The van der Waals surface area contributed by atoms with Crippen LogP contribution in [0.3, 0.4) is 0 Å². The van der Waals surface area contributed by atoms with Gasteiger partial charge in [0.05, 0.1) is 23.5 Å². The Kier molecular flexibility index (Phi) is 11.5. The molecular weight excluding hydrogens is 672 g/mol. The molecule has 3 rings (SSSR count). The molecule has 3 aromatic rings. The van der Waals surface area contributed by atoms with Crippen LogP contribution in [0.15, 0.2) is 48.7 Å². The third-order valence-electron chi connectivity index (χ3n) is 4.46. The van der Waals surface area contributed by atoms with E-state index >= 15 is 0 Å². The zero-order valence-corrected chi connectivity index (χ0v) is 23.6.